The fraction of sp³-hybridized carbons (Fsp3) is 0.696. The summed E-state index contributed by atoms with van der Waals surface area (Å²) in [6, 6.07) is 9.28. The summed E-state index contributed by atoms with van der Waals surface area (Å²) in [5, 5.41) is 13.4. The zero-order chi connectivity index (χ0) is 21.1. The van der Waals surface area contributed by atoms with Crippen LogP contribution in [0.3, 0.4) is 0 Å². The monoisotopic (exact) mass is 467 g/mol. The molecule has 29 heavy (non-hydrogen) atoms. The lowest BCUT2D eigenvalue weighted by Crippen LogP contribution is -2.53. The molecule has 4 N–H and O–H groups in total. The highest BCUT2D eigenvalue weighted by Gasteiger charge is 2.27. The van der Waals surface area contributed by atoms with E-state index in [1.165, 1.54) is 19.3 Å². The van der Waals surface area contributed by atoms with E-state index in [9.17, 15) is 9.90 Å². The van der Waals surface area contributed by atoms with Crippen molar-refractivity contribution in [2.45, 2.75) is 76.9 Å². The van der Waals surface area contributed by atoms with Crippen LogP contribution in [0.1, 0.15) is 64.7 Å². The van der Waals surface area contributed by atoms with E-state index in [2.05, 4.69) is 28.3 Å². The summed E-state index contributed by atoms with van der Waals surface area (Å²) in [6.45, 7) is 2.95. The molecule has 5 nitrogen and oxygen atoms in total. The summed E-state index contributed by atoms with van der Waals surface area (Å²) < 4.78 is 0. The molecule has 6 heteroatoms. The molecule has 1 aliphatic carbocycles. The number of benzene rings is 1. The number of carbonyl (C=O) groups is 1. The summed E-state index contributed by atoms with van der Waals surface area (Å²) >= 11 is 3.50. The lowest BCUT2D eigenvalue weighted by Gasteiger charge is -2.30. The molecule has 2 unspecified atom stereocenters. The van der Waals surface area contributed by atoms with Crippen LogP contribution in [0, 0.1) is 11.8 Å². The third-order valence-corrected chi connectivity index (χ3v) is 6.46. The molecule has 1 aliphatic rings. The quantitative estimate of drug-likeness (QED) is 0.314. The highest BCUT2D eigenvalue weighted by molar-refractivity contribution is 9.09. The highest BCUT2D eigenvalue weighted by atomic mass is 79.9. The topological polar surface area (TPSA) is 78.6 Å². The molecule has 1 saturated carbocycles. The second kappa shape index (κ2) is 13.2. The Bertz CT molecular complexity index is 581. The molecular weight excluding hydrogens is 430 g/mol. The van der Waals surface area contributed by atoms with Gasteiger partial charge < -0.3 is 10.8 Å². The third kappa shape index (κ3) is 8.65. The van der Waals surface area contributed by atoms with Crippen molar-refractivity contribution < 1.29 is 9.90 Å². The SMILES string of the molecule is C[C@H](CCBr)CCCN(NC(=O)C(O)C(N)CC1CCCCC1)c1ccccc1. The summed E-state index contributed by atoms with van der Waals surface area (Å²) in [4.78, 5) is 12.7. The van der Waals surface area contributed by atoms with Gasteiger partial charge in [-0.1, -0.05) is 73.2 Å². The number of hydrazine groups is 1. The van der Waals surface area contributed by atoms with Crippen molar-refractivity contribution in [1.29, 1.82) is 0 Å². The maximum atomic E-state index is 12.7. The lowest BCUT2D eigenvalue weighted by molar-refractivity contribution is -0.130. The molecule has 3 atom stereocenters. The Morgan fingerprint density at radius 2 is 1.93 bits per heavy atom. The third-order valence-electron chi connectivity index (χ3n) is 6.00. The van der Waals surface area contributed by atoms with Crippen LogP contribution < -0.4 is 16.2 Å². The molecule has 1 fully saturated rings. The molecule has 0 bridgehead atoms. The second-order valence-corrected chi connectivity index (χ2v) is 9.33. The molecule has 0 radical (unpaired) electrons. The van der Waals surface area contributed by atoms with Gasteiger partial charge in [0.1, 0.15) is 6.10 Å². The van der Waals surface area contributed by atoms with Crippen LogP contribution in [0.25, 0.3) is 0 Å². The number of rotatable bonds is 12. The van der Waals surface area contributed by atoms with Gasteiger partial charge in [-0.05, 0) is 49.7 Å². The first-order valence-electron chi connectivity index (χ1n) is 11.1. The zero-order valence-electron chi connectivity index (χ0n) is 17.7. The van der Waals surface area contributed by atoms with Gasteiger partial charge >= 0.3 is 0 Å². The Balaban J connectivity index is 1.90. The Hall–Kier alpha value is -1.11. The molecule has 0 heterocycles. The van der Waals surface area contributed by atoms with Gasteiger partial charge in [0.05, 0.1) is 5.69 Å². The number of nitrogens with zero attached hydrogens (tertiary/aromatic N) is 1. The van der Waals surface area contributed by atoms with Crippen LogP contribution in [0.2, 0.25) is 0 Å². The van der Waals surface area contributed by atoms with E-state index in [0.29, 0.717) is 24.8 Å². The molecular formula is C23H38BrN3O2. The van der Waals surface area contributed by atoms with E-state index < -0.39 is 18.1 Å². The fourth-order valence-electron chi connectivity index (χ4n) is 4.12. The van der Waals surface area contributed by atoms with Crippen molar-refractivity contribution in [2.24, 2.45) is 17.6 Å². The maximum Gasteiger partial charge on any atom is 0.268 e. The van der Waals surface area contributed by atoms with E-state index in [4.69, 9.17) is 5.73 Å². The Labute approximate surface area is 184 Å². The van der Waals surface area contributed by atoms with Crippen LogP contribution in [0.15, 0.2) is 30.3 Å². The minimum absolute atomic E-state index is 0.411. The lowest BCUT2D eigenvalue weighted by atomic mass is 9.84. The van der Waals surface area contributed by atoms with Crippen LogP contribution in [-0.2, 0) is 4.79 Å². The van der Waals surface area contributed by atoms with Crippen molar-refractivity contribution in [3.05, 3.63) is 30.3 Å². The molecule has 1 amide bonds. The number of hydrogen-bond acceptors (Lipinski definition) is 4. The summed E-state index contributed by atoms with van der Waals surface area (Å²) in [6.07, 6.45) is 8.79. The predicted molar refractivity (Wildman–Crippen MR) is 124 cm³/mol. The number of nitrogens with one attached hydrogen (secondary N) is 1. The minimum atomic E-state index is -1.18. The second-order valence-electron chi connectivity index (χ2n) is 8.54. The van der Waals surface area contributed by atoms with Crippen LogP contribution in [0.4, 0.5) is 5.69 Å². The number of anilines is 1. The fourth-order valence-corrected chi connectivity index (χ4v) is 4.90. The largest absolute Gasteiger partial charge is 0.382 e. The van der Waals surface area contributed by atoms with Gasteiger partial charge in [0.25, 0.3) is 5.91 Å². The van der Waals surface area contributed by atoms with Crippen LogP contribution >= 0.6 is 15.9 Å². The molecule has 1 aromatic rings. The van der Waals surface area contributed by atoms with Gasteiger partial charge in [-0.25, -0.2) is 0 Å². The smallest absolute Gasteiger partial charge is 0.268 e. The summed E-state index contributed by atoms with van der Waals surface area (Å²) in [5.74, 6) is 0.755. The first kappa shape index (κ1) is 24.2. The number of para-hydroxylation sites is 1. The highest BCUT2D eigenvalue weighted by Crippen LogP contribution is 2.27. The Morgan fingerprint density at radius 3 is 2.59 bits per heavy atom. The number of aliphatic hydroxyl groups is 1. The van der Waals surface area contributed by atoms with Gasteiger partial charge in [-0.3, -0.25) is 15.2 Å². The Kier molecular flexibility index (Phi) is 11.0. The predicted octanol–water partition coefficient (Wildman–Crippen LogP) is 4.38. The van der Waals surface area contributed by atoms with E-state index >= 15 is 0 Å². The van der Waals surface area contributed by atoms with E-state index in [-0.39, 0.29) is 0 Å². The van der Waals surface area contributed by atoms with Crippen molar-refractivity contribution in [3.8, 4) is 0 Å². The normalized spacial score (nSPS) is 18.1. The molecule has 0 spiro atoms. The summed E-state index contributed by atoms with van der Waals surface area (Å²) in [5.41, 5.74) is 10.0. The van der Waals surface area contributed by atoms with Crippen LogP contribution in [0.5, 0.6) is 0 Å². The van der Waals surface area contributed by atoms with Crippen molar-refractivity contribution >= 4 is 27.5 Å². The average Bonchev–Trinajstić information content (AvgIpc) is 2.74. The van der Waals surface area contributed by atoms with Gasteiger partial charge in [0, 0.05) is 17.9 Å². The van der Waals surface area contributed by atoms with Crippen LogP contribution in [-0.4, -0.2) is 35.0 Å². The molecule has 0 aliphatic heterocycles. The van der Waals surface area contributed by atoms with E-state index in [1.807, 2.05) is 35.3 Å². The number of alkyl halides is 1. The Morgan fingerprint density at radius 1 is 1.24 bits per heavy atom. The minimum Gasteiger partial charge on any atom is -0.382 e. The average molecular weight is 468 g/mol. The molecule has 1 aromatic carbocycles. The number of halogens is 1. The standard InChI is InChI=1S/C23H38BrN3O2/c1-18(14-15-24)9-8-16-27(20-12-6-3-7-13-20)26-23(29)22(28)21(25)17-19-10-4-2-5-11-19/h3,6-7,12-13,18-19,21-22,28H,2,4-5,8-11,14-17,25H2,1H3,(H,26,29)/t18-,21?,22?/m0/s1. The van der Waals surface area contributed by atoms with Crippen molar-refractivity contribution in [2.75, 3.05) is 16.9 Å². The van der Waals surface area contributed by atoms with E-state index in [1.54, 1.807) is 0 Å². The molecule has 2 rings (SSSR count). The first-order valence-corrected chi connectivity index (χ1v) is 12.3. The molecule has 164 valence electrons. The number of carbonyl (C=O) groups excluding carboxylic acids is 1. The zero-order valence-corrected chi connectivity index (χ0v) is 19.3. The van der Waals surface area contributed by atoms with E-state index in [0.717, 1.165) is 43.1 Å². The number of nitrogens with two attached hydrogens (primary N) is 1. The van der Waals surface area contributed by atoms with Crippen molar-refractivity contribution in [1.82, 2.24) is 5.43 Å². The number of aliphatic hydroxyl groups excluding tert-OH is 1. The van der Waals surface area contributed by atoms with Gasteiger partial charge in [-0.15, -0.1) is 0 Å². The van der Waals surface area contributed by atoms with Gasteiger partial charge in [-0.2, -0.15) is 0 Å². The maximum absolute atomic E-state index is 12.7. The van der Waals surface area contributed by atoms with Crippen molar-refractivity contribution in [3.63, 3.8) is 0 Å². The number of amides is 1. The van der Waals surface area contributed by atoms with Gasteiger partial charge in [0.2, 0.25) is 0 Å². The first-order chi connectivity index (χ1) is 14.0. The molecule has 0 aromatic heterocycles. The summed E-state index contributed by atoms with van der Waals surface area (Å²) in [7, 11) is 0. The molecule has 0 saturated heterocycles. The van der Waals surface area contributed by atoms with Gasteiger partial charge in [0.15, 0.2) is 0 Å². The number of hydrogen-bond donors (Lipinski definition) is 3.